The standard InChI is InChI=1S/C24H25ClF3N7/c25-19-9-15(10-29-32-19)34-11-13-4-5-14(12-34)22(13)30-24-31-23-17(3-1-2-8-35(23)33-24)16-6-7-18(26)21(28)20(16)27/h6-7,9-10,13-14,17,22H,1-5,8,11-12H2,(H,30,33)/t13-,14?,17+,22?/m0/s1. The smallest absolute Gasteiger partial charge is 0.242 e. The molecule has 2 aliphatic heterocycles. The monoisotopic (exact) mass is 503 g/mol. The van der Waals surface area contributed by atoms with Gasteiger partial charge in [0.05, 0.1) is 11.9 Å². The van der Waals surface area contributed by atoms with Crippen LogP contribution >= 0.6 is 11.6 Å². The molecule has 1 aliphatic carbocycles. The molecule has 1 saturated carbocycles. The van der Waals surface area contributed by atoms with Crippen molar-refractivity contribution in [3.63, 3.8) is 0 Å². The molecule has 184 valence electrons. The van der Waals surface area contributed by atoms with Gasteiger partial charge < -0.3 is 10.2 Å². The highest BCUT2D eigenvalue weighted by Gasteiger charge is 2.43. The largest absolute Gasteiger partial charge is 0.369 e. The Morgan fingerprint density at radius 1 is 1.00 bits per heavy atom. The number of aromatic nitrogens is 5. The summed E-state index contributed by atoms with van der Waals surface area (Å²) < 4.78 is 44.0. The van der Waals surface area contributed by atoms with Gasteiger partial charge in [0.15, 0.2) is 22.6 Å². The Morgan fingerprint density at radius 3 is 2.57 bits per heavy atom. The topological polar surface area (TPSA) is 71.8 Å². The second kappa shape index (κ2) is 8.96. The Hall–Kier alpha value is -2.88. The van der Waals surface area contributed by atoms with Gasteiger partial charge in [-0.2, -0.15) is 10.1 Å². The molecule has 0 amide bonds. The van der Waals surface area contributed by atoms with E-state index in [0.717, 1.165) is 50.5 Å². The maximum Gasteiger partial charge on any atom is 0.242 e. The van der Waals surface area contributed by atoms with E-state index in [-0.39, 0.29) is 11.6 Å². The molecule has 7 nitrogen and oxygen atoms in total. The molecule has 2 unspecified atom stereocenters. The molecule has 6 rings (SSSR count). The predicted octanol–water partition coefficient (Wildman–Crippen LogP) is 4.78. The van der Waals surface area contributed by atoms with Crippen molar-refractivity contribution in [1.82, 2.24) is 25.0 Å². The lowest BCUT2D eigenvalue weighted by molar-refractivity contribution is 0.376. The maximum atomic E-state index is 14.7. The number of hydrogen-bond donors (Lipinski definition) is 1. The summed E-state index contributed by atoms with van der Waals surface area (Å²) >= 11 is 6.04. The molecule has 2 bridgehead atoms. The van der Waals surface area contributed by atoms with Crippen LogP contribution in [-0.4, -0.2) is 44.1 Å². The van der Waals surface area contributed by atoms with Crippen molar-refractivity contribution >= 4 is 23.2 Å². The van der Waals surface area contributed by atoms with Gasteiger partial charge in [-0.3, -0.25) is 0 Å². The number of nitrogens with zero attached hydrogens (tertiary/aromatic N) is 6. The molecule has 35 heavy (non-hydrogen) atoms. The fraction of sp³-hybridized carbons (Fsp3) is 0.500. The zero-order chi connectivity index (χ0) is 24.1. The van der Waals surface area contributed by atoms with E-state index in [1.165, 1.54) is 6.07 Å². The summed E-state index contributed by atoms with van der Waals surface area (Å²) in [6.07, 6.45) is 6.23. The molecular formula is C24H25ClF3N7. The quantitative estimate of drug-likeness (QED) is 0.517. The zero-order valence-electron chi connectivity index (χ0n) is 19.0. The first-order valence-electron chi connectivity index (χ1n) is 12.1. The van der Waals surface area contributed by atoms with Gasteiger partial charge in [0.2, 0.25) is 5.95 Å². The van der Waals surface area contributed by atoms with E-state index in [1.807, 2.05) is 6.07 Å². The highest BCUT2D eigenvalue weighted by molar-refractivity contribution is 6.29. The van der Waals surface area contributed by atoms with Crippen molar-refractivity contribution in [3.8, 4) is 0 Å². The molecule has 11 heteroatoms. The summed E-state index contributed by atoms with van der Waals surface area (Å²) in [4.78, 5) is 7.05. The van der Waals surface area contributed by atoms with Crippen LogP contribution < -0.4 is 10.2 Å². The Kier molecular flexibility index (Phi) is 5.78. The maximum absolute atomic E-state index is 14.7. The van der Waals surface area contributed by atoms with E-state index >= 15 is 0 Å². The minimum atomic E-state index is -1.44. The lowest BCUT2D eigenvalue weighted by Crippen LogP contribution is -2.48. The molecule has 1 saturated heterocycles. The van der Waals surface area contributed by atoms with Crippen molar-refractivity contribution < 1.29 is 13.2 Å². The highest BCUT2D eigenvalue weighted by Crippen LogP contribution is 2.41. The van der Waals surface area contributed by atoms with E-state index in [9.17, 15) is 13.2 Å². The van der Waals surface area contributed by atoms with Crippen molar-refractivity contribution in [3.05, 3.63) is 58.4 Å². The SMILES string of the molecule is Fc1ccc([C@H]2CCCCn3nc(NC4C5CC[C@H]4CN(c4cnnc(Cl)c4)C5)nc32)c(F)c1F. The average Bonchev–Trinajstić information content (AvgIpc) is 3.25. The van der Waals surface area contributed by atoms with Crippen LogP contribution in [0.3, 0.4) is 0 Å². The predicted molar refractivity (Wildman–Crippen MR) is 125 cm³/mol. The number of hydrogen-bond acceptors (Lipinski definition) is 6. The van der Waals surface area contributed by atoms with Gasteiger partial charge in [0.25, 0.3) is 0 Å². The summed E-state index contributed by atoms with van der Waals surface area (Å²) in [5.74, 6) is -2.32. The number of piperidine rings is 1. The van der Waals surface area contributed by atoms with Gasteiger partial charge in [-0.1, -0.05) is 24.1 Å². The number of anilines is 2. The van der Waals surface area contributed by atoms with E-state index in [2.05, 4.69) is 20.4 Å². The molecule has 4 atom stereocenters. The van der Waals surface area contributed by atoms with Gasteiger partial charge >= 0.3 is 0 Å². The van der Waals surface area contributed by atoms with Gasteiger partial charge in [-0.25, -0.2) is 17.9 Å². The van der Waals surface area contributed by atoms with Gasteiger partial charge in [0.1, 0.15) is 5.82 Å². The lowest BCUT2D eigenvalue weighted by atomic mass is 9.92. The third-order valence-electron chi connectivity index (χ3n) is 7.67. The van der Waals surface area contributed by atoms with E-state index < -0.39 is 23.4 Å². The molecule has 2 fully saturated rings. The summed E-state index contributed by atoms with van der Waals surface area (Å²) in [7, 11) is 0. The van der Waals surface area contributed by atoms with Crippen LogP contribution in [0.15, 0.2) is 24.4 Å². The number of fused-ring (bicyclic) bond motifs is 3. The summed E-state index contributed by atoms with van der Waals surface area (Å²) in [5, 5.41) is 16.4. The first-order valence-corrected chi connectivity index (χ1v) is 12.4. The Bertz CT molecular complexity index is 1240. The number of nitrogens with one attached hydrogen (secondary N) is 1. The molecule has 3 aromatic rings. The van der Waals surface area contributed by atoms with E-state index in [4.69, 9.17) is 21.7 Å². The Balaban J connectivity index is 1.24. The van der Waals surface area contributed by atoms with Crippen molar-refractivity contribution in [2.45, 2.75) is 50.6 Å². The number of benzene rings is 1. The van der Waals surface area contributed by atoms with Crippen LogP contribution in [0.2, 0.25) is 5.15 Å². The first-order chi connectivity index (χ1) is 17.0. The van der Waals surface area contributed by atoms with Crippen molar-refractivity contribution in [2.24, 2.45) is 11.8 Å². The highest BCUT2D eigenvalue weighted by atomic mass is 35.5. The van der Waals surface area contributed by atoms with Crippen LogP contribution in [0.4, 0.5) is 24.8 Å². The minimum absolute atomic E-state index is 0.129. The lowest BCUT2D eigenvalue weighted by Gasteiger charge is -2.39. The minimum Gasteiger partial charge on any atom is -0.369 e. The fourth-order valence-electron chi connectivity index (χ4n) is 6.00. The fourth-order valence-corrected chi connectivity index (χ4v) is 6.16. The molecule has 0 spiro atoms. The van der Waals surface area contributed by atoms with Crippen LogP contribution in [0.5, 0.6) is 0 Å². The van der Waals surface area contributed by atoms with Crippen LogP contribution in [0.25, 0.3) is 0 Å². The molecule has 4 heterocycles. The first kappa shape index (κ1) is 22.6. The third kappa shape index (κ3) is 4.11. The van der Waals surface area contributed by atoms with Gasteiger partial charge in [-0.05, 0) is 43.6 Å². The van der Waals surface area contributed by atoms with Crippen molar-refractivity contribution in [1.29, 1.82) is 0 Å². The molecule has 1 N–H and O–H groups in total. The van der Waals surface area contributed by atoms with Crippen molar-refractivity contribution in [2.75, 3.05) is 23.3 Å². The summed E-state index contributed by atoms with van der Waals surface area (Å²) in [5.41, 5.74) is 1.10. The second-order valence-electron chi connectivity index (χ2n) is 9.74. The molecule has 1 aromatic carbocycles. The summed E-state index contributed by atoms with van der Waals surface area (Å²) in [6.45, 7) is 2.39. The van der Waals surface area contributed by atoms with Crippen LogP contribution in [0.1, 0.15) is 49.4 Å². The molecule has 0 radical (unpaired) electrons. The van der Waals surface area contributed by atoms with Gasteiger partial charge in [-0.15, -0.1) is 10.2 Å². The van der Waals surface area contributed by atoms with Crippen LogP contribution in [0, 0.1) is 29.3 Å². The molecule has 2 aromatic heterocycles. The van der Waals surface area contributed by atoms with E-state index in [1.54, 1.807) is 10.9 Å². The Morgan fingerprint density at radius 2 is 1.80 bits per heavy atom. The zero-order valence-corrected chi connectivity index (χ0v) is 19.7. The number of rotatable bonds is 4. The third-order valence-corrected chi connectivity index (χ3v) is 7.85. The molecule has 3 aliphatic rings. The average molecular weight is 504 g/mol. The second-order valence-corrected chi connectivity index (χ2v) is 10.1. The van der Waals surface area contributed by atoms with Gasteiger partial charge in [0, 0.05) is 43.2 Å². The van der Waals surface area contributed by atoms with E-state index in [0.29, 0.717) is 41.7 Å². The number of aryl methyl sites for hydroxylation is 1. The normalized spacial score (nSPS) is 25.9. The Labute approximate surface area is 205 Å². The molecular weight excluding hydrogens is 479 g/mol. The number of halogens is 4. The summed E-state index contributed by atoms with van der Waals surface area (Å²) in [6, 6.07) is 4.37. The van der Waals surface area contributed by atoms with Crippen LogP contribution in [-0.2, 0) is 6.54 Å².